The molecule has 15 rings (SSSR count). The summed E-state index contributed by atoms with van der Waals surface area (Å²) in [4.78, 5) is 0. The second kappa shape index (κ2) is 22.8. The van der Waals surface area contributed by atoms with E-state index in [1.165, 1.54) is 75.6 Å². The molecule has 0 aliphatic rings. The van der Waals surface area contributed by atoms with E-state index in [1.807, 2.05) is 48.5 Å². The standard InChI is InChI=1S/C72H48N2Si.C6H5.W/c1-6-21-51(22-7-1)52-23-18-24-53(45-52)56-39-43-71-67(49-56)68-50-58(57-40-42-70-66(48-57)65-37-16-17-38-69(65)73(70)59-27-8-2-9-28-59)41-44-72(68)74(71)60-29-19-25-54(46-60)55-26-20-36-64(47-55)75(61-30-10-3-11-31-61,62-32-12-4-13-33-62)63-34-14-5-15-35-63;1-2-4-6-5-3-1;/h1-21,24-50H;1-5H;/q-2;-1;. The summed E-state index contributed by atoms with van der Waals surface area (Å²) in [6, 6.07) is 126. The van der Waals surface area contributed by atoms with Crippen LogP contribution in [0.2, 0.25) is 0 Å². The predicted molar refractivity (Wildman–Crippen MR) is 343 cm³/mol. The molecule has 0 N–H and O–H groups in total. The third-order valence-electron chi connectivity index (χ3n) is 15.9. The van der Waals surface area contributed by atoms with Crippen molar-refractivity contribution in [2.75, 3.05) is 0 Å². The van der Waals surface area contributed by atoms with Crippen molar-refractivity contribution in [3.05, 3.63) is 340 Å². The molecule has 388 valence electrons. The number of benzene rings is 13. The molecule has 2 heterocycles. The zero-order chi connectivity index (χ0) is 54.0. The Morgan fingerprint density at radius 2 is 0.659 bits per heavy atom. The van der Waals surface area contributed by atoms with Gasteiger partial charge in [0.05, 0.1) is 22.1 Å². The summed E-state index contributed by atoms with van der Waals surface area (Å²) in [6.07, 6.45) is 0. The molecule has 0 amide bonds. The Balaban J connectivity index is 0.000000849. The molecule has 0 radical (unpaired) electrons. The van der Waals surface area contributed by atoms with E-state index < -0.39 is 8.07 Å². The Bertz CT molecular complexity index is 4550. The van der Waals surface area contributed by atoms with Crippen LogP contribution in [-0.2, 0) is 21.1 Å². The third kappa shape index (κ3) is 9.54. The van der Waals surface area contributed by atoms with Crippen LogP contribution in [0, 0.1) is 18.2 Å². The van der Waals surface area contributed by atoms with Gasteiger partial charge in [0.25, 0.3) is 0 Å². The minimum atomic E-state index is -2.75. The van der Waals surface area contributed by atoms with Crippen LogP contribution in [0.15, 0.2) is 322 Å². The largest absolute Gasteiger partial charge is 0.309 e. The number of fused-ring (bicyclic) bond motifs is 6. The van der Waals surface area contributed by atoms with E-state index >= 15 is 0 Å². The Morgan fingerprint density at radius 3 is 1.21 bits per heavy atom. The van der Waals surface area contributed by atoms with Gasteiger partial charge in [0.15, 0.2) is 8.07 Å². The van der Waals surface area contributed by atoms with Crippen molar-refractivity contribution in [3.63, 3.8) is 0 Å². The zero-order valence-electron chi connectivity index (χ0n) is 44.9. The molecule has 0 spiro atoms. The van der Waals surface area contributed by atoms with Gasteiger partial charge in [-0.3, -0.25) is 0 Å². The molecule has 0 aliphatic heterocycles. The monoisotopic (exact) mass is 1230 g/mol. The van der Waals surface area contributed by atoms with Gasteiger partial charge < -0.3 is 9.13 Å². The first-order valence-corrected chi connectivity index (χ1v) is 29.6. The molecule has 2 aromatic heterocycles. The molecule has 0 fully saturated rings. The van der Waals surface area contributed by atoms with E-state index in [0.717, 1.165) is 44.7 Å². The molecule has 2 nitrogen and oxygen atoms in total. The van der Waals surface area contributed by atoms with Gasteiger partial charge in [0.1, 0.15) is 0 Å². The molecule has 0 saturated heterocycles. The Morgan fingerprint density at radius 1 is 0.244 bits per heavy atom. The number of para-hydroxylation sites is 2. The fourth-order valence-electron chi connectivity index (χ4n) is 12.2. The van der Waals surface area contributed by atoms with E-state index in [-0.39, 0.29) is 21.1 Å². The summed E-state index contributed by atoms with van der Waals surface area (Å²) in [5.74, 6) is 0. The van der Waals surface area contributed by atoms with Crippen LogP contribution < -0.4 is 20.7 Å². The second-order valence-corrected chi connectivity index (χ2v) is 24.4. The van der Waals surface area contributed by atoms with Crippen LogP contribution in [-0.4, -0.2) is 17.2 Å². The Labute approximate surface area is 494 Å². The van der Waals surface area contributed by atoms with Gasteiger partial charge in [0.2, 0.25) is 0 Å². The van der Waals surface area contributed by atoms with Gasteiger partial charge in [-0.25, -0.2) is 11.1 Å². The normalized spacial score (nSPS) is 11.3. The van der Waals surface area contributed by atoms with Crippen LogP contribution in [0.5, 0.6) is 0 Å². The number of hydrogen-bond donors (Lipinski definition) is 0. The fraction of sp³-hybridized carbons (Fsp3) is 0. The third-order valence-corrected chi connectivity index (χ3v) is 20.7. The molecule has 15 aromatic rings. The summed E-state index contributed by atoms with van der Waals surface area (Å²) in [5, 5.41) is 10.3. The van der Waals surface area contributed by atoms with Gasteiger partial charge in [-0.15, -0.1) is 17.7 Å². The van der Waals surface area contributed by atoms with Crippen LogP contribution in [0.3, 0.4) is 0 Å². The van der Waals surface area contributed by atoms with Crippen molar-refractivity contribution in [2.24, 2.45) is 0 Å². The molecule has 0 bridgehead atoms. The summed E-state index contributed by atoms with van der Waals surface area (Å²) in [6.45, 7) is 0. The molecule has 82 heavy (non-hydrogen) atoms. The van der Waals surface area contributed by atoms with E-state index in [1.54, 1.807) is 0 Å². The summed E-state index contributed by atoms with van der Waals surface area (Å²) in [5.41, 5.74) is 16.1. The summed E-state index contributed by atoms with van der Waals surface area (Å²) >= 11 is 0. The SMILES string of the molecule is [W].[c-]1ccccc1.[c-]1ccccc1-c1[c-]ccc(-c2ccc3c(c2)c2cc(-c4ccc5c(c4)c4ccccc4n5-c4ccccc4)ccc2n3-c2cccc(-c3cccc([Si](c4ccccc4)(c4ccccc4)c4ccccc4)c3)c2)c1. The summed E-state index contributed by atoms with van der Waals surface area (Å²) in [7, 11) is -2.75. The van der Waals surface area contributed by atoms with Crippen molar-refractivity contribution in [1.29, 1.82) is 0 Å². The second-order valence-electron chi connectivity index (χ2n) is 20.5. The van der Waals surface area contributed by atoms with E-state index in [2.05, 4.69) is 300 Å². The van der Waals surface area contributed by atoms with E-state index in [9.17, 15) is 0 Å². The Hall–Kier alpha value is -9.63. The van der Waals surface area contributed by atoms with Crippen molar-refractivity contribution in [1.82, 2.24) is 9.13 Å². The first-order chi connectivity index (χ1) is 40.2. The van der Waals surface area contributed by atoms with Crippen molar-refractivity contribution < 1.29 is 21.1 Å². The smallest absolute Gasteiger partial charge is 0.179 e. The number of rotatable bonds is 10. The van der Waals surface area contributed by atoms with Gasteiger partial charge >= 0.3 is 0 Å². The molecular weight excluding hydrogens is 1180 g/mol. The number of hydrogen-bond acceptors (Lipinski definition) is 0. The average molecular weight is 1230 g/mol. The minimum absolute atomic E-state index is 0. The maximum absolute atomic E-state index is 3.47. The van der Waals surface area contributed by atoms with E-state index in [4.69, 9.17) is 0 Å². The fourth-order valence-corrected chi connectivity index (χ4v) is 17.0. The van der Waals surface area contributed by atoms with Gasteiger partial charge in [-0.1, -0.05) is 182 Å². The first kappa shape index (κ1) is 51.8. The minimum Gasteiger partial charge on any atom is -0.309 e. The number of nitrogens with zero attached hydrogens (tertiary/aromatic N) is 2. The van der Waals surface area contributed by atoms with Crippen molar-refractivity contribution in [2.45, 2.75) is 0 Å². The topological polar surface area (TPSA) is 9.86 Å². The molecule has 13 aromatic carbocycles. The van der Waals surface area contributed by atoms with E-state index in [0.29, 0.717) is 0 Å². The van der Waals surface area contributed by atoms with Crippen molar-refractivity contribution in [3.8, 4) is 55.9 Å². The zero-order valence-corrected chi connectivity index (χ0v) is 48.8. The Kier molecular flexibility index (Phi) is 14.4. The first-order valence-electron chi connectivity index (χ1n) is 27.6. The molecule has 0 aliphatic carbocycles. The predicted octanol–water partition coefficient (Wildman–Crippen LogP) is 17.0. The van der Waals surface area contributed by atoms with Crippen LogP contribution in [0.1, 0.15) is 0 Å². The molecular formula is C78H53N2SiW-3. The molecule has 4 heteroatoms. The van der Waals surface area contributed by atoms with Gasteiger partial charge in [0, 0.05) is 54.0 Å². The molecule has 0 unspecified atom stereocenters. The molecule has 0 saturated carbocycles. The molecule has 0 atom stereocenters. The number of aromatic nitrogens is 2. The van der Waals surface area contributed by atoms with Gasteiger partial charge in [-0.05, 0) is 115 Å². The average Bonchev–Trinajstić information content (AvgIpc) is 2.66. The van der Waals surface area contributed by atoms with Crippen molar-refractivity contribution >= 4 is 72.4 Å². The van der Waals surface area contributed by atoms with Crippen LogP contribution in [0.25, 0.3) is 99.5 Å². The quantitative estimate of drug-likeness (QED) is 0.0734. The van der Waals surface area contributed by atoms with Crippen LogP contribution in [0.4, 0.5) is 0 Å². The maximum Gasteiger partial charge on any atom is 0.179 e. The van der Waals surface area contributed by atoms with Crippen LogP contribution >= 0.6 is 0 Å². The maximum atomic E-state index is 3.47. The van der Waals surface area contributed by atoms with Gasteiger partial charge in [-0.2, -0.15) is 78.9 Å². The summed E-state index contributed by atoms with van der Waals surface area (Å²) < 4.78 is 4.84.